The van der Waals surface area contributed by atoms with Gasteiger partial charge in [0.25, 0.3) is 0 Å². The minimum absolute atomic E-state index is 0.127. The monoisotopic (exact) mass is 371 g/mol. The van der Waals surface area contributed by atoms with Gasteiger partial charge >= 0.3 is 6.03 Å². The quantitative estimate of drug-likeness (QED) is 0.790. The first-order chi connectivity index (χ1) is 13.0. The number of hydrogen-bond acceptors (Lipinski definition) is 3. The van der Waals surface area contributed by atoms with Crippen molar-refractivity contribution in [3.63, 3.8) is 0 Å². The minimum Gasteiger partial charge on any atom is -0.360 e. The van der Waals surface area contributed by atoms with E-state index in [0.29, 0.717) is 11.7 Å². The Morgan fingerprint density at radius 3 is 2.78 bits per heavy atom. The Morgan fingerprint density at radius 2 is 2.11 bits per heavy atom. The van der Waals surface area contributed by atoms with Crippen LogP contribution in [0.3, 0.4) is 0 Å². The summed E-state index contributed by atoms with van der Waals surface area (Å²) in [4.78, 5) is 24.7. The molecule has 0 spiro atoms. The second kappa shape index (κ2) is 8.74. The highest BCUT2D eigenvalue weighted by Gasteiger charge is 2.23. The lowest BCUT2D eigenvalue weighted by Gasteiger charge is -2.31. The summed E-state index contributed by atoms with van der Waals surface area (Å²) < 4.78 is 0. The van der Waals surface area contributed by atoms with Gasteiger partial charge in [-0.1, -0.05) is 13.3 Å². The molecule has 0 radical (unpaired) electrons. The summed E-state index contributed by atoms with van der Waals surface area (Å²) in [5.41, 5.74) is 3.31. The van der Waals surface area contributed by atoms with Gasteiger partial charge in [-0.05, 0) is 76.4 Å². The summed E-state index contributed by atoms with van der Waals surface area (Å²) >= 11 is 0. The first-order valence-corrected chi connectivity index (χ1v) is 10.2. The summed E-state index contributed by atoms with van der Waals surface area (Å²) in [6.07, 6.45) is 6.99. The number of amides is 2. The molecule has 2 amide bonds. The number of H-pyrrole nitrogens is 1. The molecule has 1 aliphatic heterocycles. The third-order valence-corrected chi connectivity index (χ3v) is 5.74. The van der Waals surface area contributed by atoms with Crippen LogP contribution in [0.1, 0.15) is 57.9 Å². The van der Waals surface area contributed by atoms with E-state index in [1.54, 1.807) is 11.9 Å². The van der Waals surface area contributed by atoms with Crippen LogP contribution in [-0.2, 0) is 0 Å². The van der Waals surface area contributed by atoms with E-state index in [1.165, 1.54) is 37.8 Å². The van der Waals surface area contributed by atoms with Crippen LogP contribution in [0.25, 0.3) is 11.0 Å². The average molecular weight is 372 g/mol. The van der Waals surface area contributed by atoms with Crippen LogP contribution >= 0.6 is 0 Å². The number of nitrogens with zero attached hydrogens (tertiary/aromatic N) is 3. The molecule has 2 aromatic rings. The van der Waals surface area contributed by atoms with E-state index < -0.39 is 0 Å². The van der Waals surface area contributed by atoms with Gasteiger partial charge in [0.1, 0.15) is 5.82 Å². The van der Waals surface area contributed by atoms with Gasteiger partial charge < -0.3 is 14.8 Å². The number of rotatable bonds is 6. The van der Waals surface area contributed by atoms with Crippen molar-refractivity contribution >= 4 is 22.9 Å². The molecule has 1 saturated heterocycles. The molecule has 1 aliphatic rings. The number of carbonyl (C=O) groups is 1. The molecule has 3 heterocycles. The summed E-state index contributed by atoms with van der Waals surface area (Å²) in [6.45, 7) is 9.77. The van der Waals surface area contributed by atoms with Crippen molar-refractivity contribution in [1.29, 1.82) is 0 Å². The summed E-state index contributed by atoms with van der Waals surface area (Å²) in [6, 6.07) is 3.89. The molecule has 0 aromatic carbocycles. The maximum absolute atomic E-state index is 12.3. The van der Waals surface area contributed by atoms with Crippen molar-refractivity contribution in [3.8, 4) is 0 Å². The van der Waals surface area contributed by atoms with Crippen molar-refractivity contribution in [2.24, 2.45) is 0 Å². The predicted octanol–water partition coefficient (Wildman–Crippen LogP) is 4.41. The molecule has 6 heteroatoms. The summed E-state index contributed by atoms with van der Waals surface area (Å²) in [7, 11) is 1.80. The van der Waals surface area contributed by atoms with Gasteiger partial charge in [-0.2, -0.15) is 0 Å². The van der Waals surface area contributed by atoms with E-state index in [0.717, 1.165) is 24.1 Å². The number of aromatic nitrogens is 2. The molecular weight excluding hydrogens is 338 g/mol. The fourth-order valence-electron chi connectivity index (χ4n) is 3.68. The zero-order valence-electron chi connectivity index (χ0n) is 17.1. The lowest BCUT2D eigenvalue weighted by atomic mass is 9.90. The summed E-state index contributed by atoms with van der Waals surface area (Å²) in [5, 5.41) is 2.92. The average Bonchev–Trinajstić information content (AvgIpc) is 3.09. The van der Waals surface area contributed by atoms with Crippen LogP contribution in [0.2, 0.25) is 0 Å². The molecule has 3 rings (SSSR count). The molecule has 0 bridgehead atoms. The fourth-order valence-corrected chi connectivity index (χ4v) is 3.68. The highest BCUT2D eigenvalue weighted by Crippen LogP contribution is 2.33. The molecule has 0 unspecified atom stereocenters. The lowest BCUT2D eigenvalue weighted by Crippen LogP contribution is -2.36. The Balaban J connectivity index is 1.71. The number of anilines is 1. The minimum atomic E-state index is -0.127. The zero-order chi connectivity index (χ0) is 19.4. The van der Waals surface area contributed by atoms with E-state index in [4.69, 9.17) is 4.98 Å². The van der Waals surface area contributed by atoms with Crippen molar-refractivity contribution in [2.45, 2.75) is 58.4 Å². The van der Waals surface area contributed by atoms with Gasteiger partial charge in [-0.25, -0.2) is 9.78 Å². The number of unbranched alkanes of at least 4 members (excludes halogenated alkanes) is 1. The number of aromatic amines is 1. The molecule has 0 saturated carbocycles. The first kappa shape index (κ1) is 19.7. The zero-order valence-corrected chi connectivity index (χ0v) is 17.1. The van der Waals surface area contributed by atoms with E-state index in [-0.39, 0.29) is 12.1 Å². The van der Waals surface area contributed by atoms with Crippen molar-refractivity contribution < 1.29 is 4.79 Å². The predicted molar refractivity (Wildman–Crippen MR) is 111 cm³/mol. The Labute approximate surface area is 162 Å². The molecule has 1 fully saturated rings. The van der Waals surface area contributed by atoms with Gasteiger partial charge in [-0.3, -0.25) is 5.32 Å². The van der Waals surface area contributed by atoms with E-state index in [1.807, 2.05) is 26.0 Å². The van der Waals surface area contributed by atoms with Crippen LogP contribution < -0.4 is 5.32 Å². The third kappa shape index (κ3) is 4.61. The standard InChI is InChI=1S/C21H33N5O/c1-5-6-11-26-12-9-16(10-13-26)17-14-22-18-7-8-19(23-20(17)18)24-21(27)25(4)15(2)3/h7-8,14-16,22H,5-6,9-13H2,1-4H3,(H,23,24,27). The van der Waals surface area contributed by atoms with Crippen LogP contribution in [0, 0.1) is 0 Å². The summed E-state index contributed by atoms with van der Waals surface area (Å²) in [5.74, 6) is 1.15. The van der Waals surface area contributed by atoms with E-state index >= 15 is 0 Å². The highest BCUT2D eigenvalue weighted by atomic mass is 16.2. The number of fused-ring (bicyclic) bond motifs is 1. The third-order valence-electron chi connectivity index (χ3n) is 5.74. The molecule has 0 aliphatic carbocycles. The van der Waals surface area contributed by atoms with Crippen LogP contribution in [0.5, 0.6) is 0 Å². The Hall–Kier alpha value is -2.08. The number of piperidine rings is 1. The first-order valence-electron chi connectivity index (χ1n) is 10.2. The normalized spacial score (nSPS) is 16.2. The number of urea groups is 1. The number of likely N-dealkylation sites (tertiary alicyclic amines) is 1. The van der Waals surface area contributed by atoms with Gasteiger partial charge in [0.2, 0.25) is 0 Å². The molecule has 27 heavy (non-hydrogen) atoms. The van der Waals surface area contributed by atoms with Crippen LogP contribution in [0.4, 0.5) is 10.6 Å². The Bertz CT molecular complexity index is 761. The molecule has 6 nitrogen and oxygen atoms in total. The van der Waals surface area contributed by atoms with Crippen LogP contribution in [0.15, 0.2) is 18.3 Å². The maximum atomic E-state index is 12.3. The molecule has 2 aromatic heterocycles. The van der Waals surface area contributed by atoms with E-state index in [9.17, 15) is 4.79 Å². The SMILES string of the molecule is CCCCN1CCC(c2c[nH]c3ccc(NC(=O)N(C)C(C)C)nc23)CC1. The number of carbonyl (C=O) groups excluding carboxylic acids is 1. The fraction of sp³-hybridized carbons (Fsp3) is 0.619. The second-order valence-electron chi connectivity index (χ2n) is 7.94. The largest absolute Gasteiger partial charge is 0.360 e. The smallest absolute Gasteiger partial charge is 0.322 e. The maximum Gasteiger partial charge on any atom is 0.322 e. The van der Waals surface area contributed by atoms with E-state index in [2.05, 4.69) is 28.3 Å². The number of nitrogens with one attached hydrogen (secondary N) is 2. The van der Waals surface area contributed by atoms with Crippen molar-refractivity contribution in [2.75, 3.05) is 32.0 Å². The topological polar surface area (TPSA) is 64.3 Å². The van der Waals surface area contributed by atoms with Gasteiger partial charge in [0.05, 0.1) is 11.0 Å². The van der Waals surface area contributed by atoms with Crippen molar-refractivity contribution in [1.82, 2.24) is 19.8 Å². The lowest BCUT2D eigenvalue weighted by molar-refractivity contribution is 0.210. The number of pyridine rings is 1. The number of hydrogen-bond donors (Lipinski definition) is 2. The van der Waals surface area contributed by atoms with Gasteiger partial charge in [0, 0.05) is 19.3 Å². The van der Waals surface area contributed by atoms with Crippen molar-refractivity contribution in [3.05, 3.63) is 23.9 Å². The van der Waals surface area contributed by atoms with Crippen LogP contribution in [-0.4, -0.2) is 58.5 Å². The Morgan fingerprint density at radius 1 is 1.37 bits per heavy atom. The molecule has 148 valence electrons. The van der Waals surface area contributed by atoms with Gasteiger partial charge in [-0.15, -0.1) is 0 Å². The molecule has 2 N–H and O–H groups in total. The molecular formula is C21H33N5O. The molecule has 0 atom stereocenters. The highest BCUT2D eigenvalue weighted by molar-refractivity contribution is 5.90. The second-order valence-corrected chi connectivity index (χ2v) is 7.94. The van der Waals surface area contributed by atoms with Gasteiger partial charge in [0.15, 0.2) is 0 Å². The Kier molecular flexibility index (Phi) is 6.37.